The van der Waals surface area contributed by atoms with Gasteiger partial charge in [0.15, 0.2) is 5.82 Å². The normalized spacial score (nSPS) is 12.0. The Hall–Kier alpha value is -4.08. The predicted octanol–water partition coefficient (Wildman–Crippen LogP) is 6.07. The molecule has 0 fully saturated rings. The van der Waals surface area contributed by atoms with Crippen LogP contribution in [0.2, 0.25) is 10.2 Å². The van der Waals surface area contributed by atoms with Crippen LogP contribution < -0.4 is 16.4 Å². The van der Waals surface area contributed by atoms with Crippen LogP contribution in [0, 0.1) is 12.7 Å². The zero-order valence-corrected chi connectivity index (χ0v) is 21.8. The van der Waals surface area contributed by atoms with Gasteiger partial charge in [0.1, 0.15) is 22.5 Å². The Labute approximate surface area is 227 Å². The van der Waals surface area contributed by atoms with Crippen LogP contribution in [0.25, 0.3) is 22.2 Å². The summed E-state index contributed by atoms with van der Waals surface area (Å²) in [6, 6.07) is 17.1. The van der Waals surface area contributed by atoms with Crippen LogP contribution in [0.3, 0.4) is 0 Å². The van der Waals surface area contributed by atoms with Gasteiger partial charge < -0.3 is 21.4 Å². The molecule has 0 bridgehead atoms. The monoisotopic (exact) mass is 551 g/mol. The zero-order chi connectivity index (χ0) is 26.8. The van der Waals surface area contributed by atoms with Crippen molar-refractivity contribution in [3.8, 4) is 11.3 Å². The fraction of sp³-hybridized carbons (Fsp3) is 0.148. The number of anilines is 1. The molecule has 0 unspecified atom stereocenters. The smallest absolute Gasteiger partial charge is 0.315 e. The molecular weight excluding hydrogens is 528 g/mol. The summed E-state index contributed by atoms with van der Waals surface area (Å²) in [7, 11) is 0. The van der Waals surface area contributed by atoms with Gasteiger partial charge in [-0.15, -0.1) is 0 Å². The molecule has 0 aliphatic rings. The molecule has 2 heterocycles. The van der Waals surface area contributed by atoms with E-state index in [1.54, 1.807) is 13.0 Å². The number of aromatic nitrogens is 4. The highest BCUT2D eigenvalue weighted by molar-refractivity contribution is 6.32. The molecule has 2 amide bonds. The molecule has 0 aliphatic heterocycles. The Kier molecular flexibility index (Phi) is 7.22. The van der Waals surface area contributed by atoms with Crippen molar-refractivity contribution >= 4 is 46.0 Å². The lowest BCUT2D eigenvalue weighted by atomic mass is 10.1. The van der Waals surface area contributed by atoms with Crippen molar-refractivity contribution in [3.05, 3.63) is 99.2 Å². The van der Waals surface area contributed by atoms with Gasteiger partial charge in [-0.3, -0.25) is 5.10 Å². The number of carbonyl (C=O) groups excluding carboxylic acids is 1. The summed E-state index contributed by atoms with van der Waals surface area (Å²) in [6.45, 7) is 1.70. The standard InChI is InChI=1S/C27H24Cl2FN7O/c1-14-7-10-19(30)18(22(14)28)13-32-27(38)33-21(11-15-5-3-2-4-6-15)26-34-23(24(29)35-26)16-8-9-17-20(12-16)36-37-25(17)31/h2-10,12,21H,11,13H2,1H3,(H,34,35)(H3,31,36,37)(H2,32,33,38)/t21-/m0/s1. The number of nitrogens with two attached hydrogens (primary N) is 1. The number of hydrogen-bond acceptors (Lipinski definition) is 4. The van der Waals surface area contributed by atoms with Gasteiger partial charge in [0.25, 0.3) is 0 Å². The lowest BCUT2D eigenvalue weighted by Gasteiger charge is -2.18. The maximum atomic E-state index is 14.3. The van der Waals surface area contributed by atoms with Gasteiger partial charge in [0.2, 0.25) is 0 Å². The first kappa shape index (κ1) is 25.6. The first-order valence-corrected chi connectivity index (χ1v) is 12.6. The van der Waals surface area contributed by atoms with Crippen LogP contribution in [-0.4, -0.2) is 26.2 Å². The Morgan fingerprint density at radius 1 is 1.13 bits per heavy atom. The highest BCUT2D eigenvalue weighted by Gasteiger charge is 2.22. The number of nitrogens with zero attached hydrogens (tertiary/aromatic N) is 2. The zero-order valence-electron chi connectivity index (χ0n) is 20.3. The lowest BCUT2D eigenvalue weighted by Crippen LogP contribution is -2.39. The van der Waals surface area contributed by atoms with Crippen molar-refractivity contribution < 1.29 is 9.18 Å². The molecular formula is C27H24Cl2FN7O. The van der Waals surface area contributed by atoms with E-state index in [0.29, 0.717) is 28.9 Å². The van der Waals surface area contributed by atoms with Crippen molar-refractivity contribution in [2.45, 2.75) is 25.9 Å². The third kappa shape index (κ3) is 5.29. The summed E-state index contributed by atoms with van der Waals surface area (Å²) in [5, 5.41) is 13.9. The van der Waals surface area contributed by atoms with Gasteiger partial charge in [-0.1, -0.05) is 65.7 Å². The molecule has 0 aliphatic carbocycles. The minimum absolute atomic E-state index is 0.0757. The first-order valence-electron chi connectivity index (χ1n) is 11.8. The summed E-state index contributed by atoms with van der Waals surface area (Å²) >= 11 is 12.8. The van der Waals surface area contributed by atoms with E-state index in [-0.39, 0.29) is 17.1 Å². The highest BCUT2D eigenvalue weighted by atomic mass is 35.5. The van der Waals surface area contributed by atoms with Gasteiger partial charge in [-0.25, -0.2) is 14.2 Å². The fourth-order valence-corrected chi connectivity index (χ4v) is 4.70. The molecule has 2 aromatic heterocycles. The van der Waals surface area contributed by atoms with Gasteiger partial charge in [0, 0.05) is 23.1 Å². The molecule has 1 atom stereocenters. The number of H-pyrrole nitrogens is 2. The average molecular weight is 552 g/mol. The predicted molar refractivity (Wildman–Crippen MR) is 148 cm³/mol. The second-order valence-electron chi connectivity index (χ2n) is 8.88. The van der Waals surface area contributed by atoms with Crippen LogP contribution in [-0.2, 0) is 13.0 Å². The Balaban J connectivity index is 1.40. The number of nitrogen functional groups attached to an aromatic ring is 1. The molecule has 194 valence electrons. The molecule has 8 nitrogen and oxygen atoms in total. The first-order chi connectivity index (χ1) is 18.3. The van der Waals surface area contributed by atoms with Crippen molar-refractivity contribution in [2.24, 2.45) is 0 Å². The SMILES string of the molecule is Cc1ccc(F)c(CNC(=O)N[C@@H](Cc2ccccc2)c2nc(-c3ccc4c(N)n[nH]c4c3)c(Cl)[nH]2)c1Cl. The Morgan fingerprint density at radius 2 is 1.92 bits per heavy atom. The second-order valence-corrected chi connectivity index (χ2v) is 9.64. The van der Waals surface area contributed by atoms with Gasteiger partial charge in [-0.05, 0) is 42.7 Å². The van der Waals surface area contributed by atoms with Crippen molar-refractivity contribution in [1.82, 2.24) is 30.8 Å². The number of benzene rings is 3. The molecule has 0 saturated heterocycles. The molecule has 6 N–H and O–H groups in total. The van der Waals surface area contributed by atoms with E-state index in [4.69, 9.17) is 33.9 Å². The van der Waals surface area contributed by atoms with Crippen LogP contribution in [0.1, 0.15) is 28.6 Å². The van der Waals surface area contributed by atoms with E-state index >= 15 is 0 Å². The molecule has 38 heavy (non-hydrogen) atoms. The molecule has 3 aromatic carbocycles. The van der Waals surface area contributed by atoms with E-state index in [1.807, 2.05) is 48.5 Å². The minimum Gasteiger partial charge on any atom is -0.382 e. The number of rotatable bonds is 7. The number of hydrogen-bond donors (Lipinski definition) is 5. The maximum absolute atomic E-state index is 14.3. The third-order valence-electron chi connectivity index (χ3n) is 6.27. The lowest BCUT2D eigenvalue weighted by molar-refractivity contribution is 0.236. The summed E-state index contributed by atoms with van der Waals surface area (Å²) in [5.74, 6) is 0.388. The van der Waals surface area contributed by atoms with E-state index < -0.39 is 17.9 Å². The third-order valence-corrected chi connectivity index (χ3v) is 7.07. The summed E-state index contributed by atoms with van der Waals surface area (Å²) in [4.78, 5) is 20.7. The Bertz CT molecular complexity index is 1620. The number of aromatic amines is 2. The van der Waals surface area contributed by atoms with Crippen LogP contribution in [0.4, 0.5) is 15.0 Å². The molecule has 0 spiro atoms. The Morgan fingerprint density at radius 3 is 2.71 bits per heavy atom. The highest BCUT2D eigenvalue weighted by Crippen LogP contribution is 2.31. The number of halogens is 3. The quantitative estimate of drug-likeness (QED) is 0.168. The molecule has 11 heteroatoms. The minimum atomic E-state index is -0.562. The molecule has 0 saturated carbocycles. The summed E-state index contributed by atoms with van der Waals surface area (Å²) < 4.78 is 14.3. The van der Waals surface area contributed by atoms with Crippen LogP contribution in [0.5, 0.6) is 0 Å². The fourth-order valence-electron chi connectivity index (χ4n) is 4.23. The van der Waals surface area contributed by atoms with Gasteiger partial charge in [-0.2, -0.15) is 5.10 Å². The summed E-state index contributed by atoms with van der Waals surface area (Å²) in [5.41, 5.74) is 9.83. The number of fused-ring (bicyclic) bond motifs is 1. The molecule has 0 radical (unpaired) electrons. The van der Waals surface area contributed by atoms with Gasteiger partial charge in [0.05, 0.1) is 16.6 Å². The number of amides is 2. The van der Waals surface area contributed by atoms with Crippen molar-refractivity contribution in [2.75, 3.05) is 5.73 Å². The maximum Gasteiger partial charge on any atom is 0.315 e. The topological polar surface area (TPSA) is 125 Å². The van der Waals surface area contributed by atoms with Crippen molar-refractivity contribution in [1.29, 1.82) is 0 Å². The largest absolute Gasteiger partial charge is 0.382 e. The molecule has 5 rings (SSSR count). The molecule has 5 aromatic rings. The van der Waals surface area contributed by atoms with Crippen molar-refractivity contribution in [3.63, 3.8) is 0 Å². The number of carbonyl (C=O) groups is 1. The van der Waals surface area contributed by atoms with Gasteiger partial charge >= 0.3 is 6.03 Å². The summed E-state index contributed by atoms with van der Waals surface area (Å²) in [6.07, 6.45) is 0.438. The number of aryl methyl sites for hydroxylation is 1. The second kappa shape index (κ2) is 10.7. The van der Waals surface area contributed by atoms with E-state index in [9.17, 15) is 9.18 Å². The van der Waals surface area contributed by atoms with Crippen LogP contribution >= 0.6 is 23.2 Å². The number of nitrogens with one attached hydrogen (secondary N) is 4. The number of imidazole rings is 1. The van der Waals surface area contributed by atoms with E-state index in [0.717, 1.165) is 27.6 Å². The van der Waals surface area contributed by atoms with E-state index in [1.165, 1.54) is 6.07 Å². The van der Waals surface area contributed by atoms with Crippen LogP contribution in [0.15, 0.2) is 60.7 Å². The van der Waals surface area contributed by atoms with E-state index in [2.05, 4.69) is 25.8 Å². The number of urea groups is 1. The average Bonchev–Trinajstić information content (AvgIpc) is 3.48.